The lowest BCUT2D eigenvalue weighted by Crippen LogP contribution is -2.33. The van der Waals surface area contributed by atoms with Gasteiger partial charge >= 0.3 is 0 Å². The van der Waals surface area contributed by atoms with Crippen LogP contribution in [-0.4, -0.2) is 0 Å². The highest BCUT2D eigenvalue weighted by Crippen LogP contribution is 2.30. The molecule has 0 bridgehead atoms. The molecule has 4 rings (SSSR count). The quantitative estimate of drug-likeness (QED) is 0.598. The van der Waals surface area contributed by atoms with Crippen LogP contribution in [0.1, 0.15) is 11.7 Å². The molecule has 5 heteroatoms. The van der Waals surface area contributed by atoms with Gasteiger partial charge in [0.25, 0.3) is 0 Å². The zero-order valence-electron chi connectivity index (χ0n) is 11.8. The Morgan fingerprint density at radius 1 is 0.773 bits per heavy atom. The minimum atomic E-state index is -0.00364. The van der Waals surface area contributed by atoms with Crippen LogP contribution in [0.2, 0.25) is 0 Å². The average Bonchev–Trinajstić information content (AvgIpc) is 3.10. The summed E-state index contributed by atoms with van der Waals surface area (Å²) in [4.78, 5) is 0. The molecule has 110 valence electrons. The van der Waals surface area contributed by atoms with Crippen molar-refractivity contribution in [2.45, 2.75) is 6.17 Å². The summed E-state index contributed by atoms with van der Waals surface area (Å²) in [6.45, 7) is 0. The van der Waals surface area contributed by atoms with Gasteiger partial charge in [0, 0.05) is 5.39 Å². The number of hydrazine groups is 3. The zero-order chi connectivity index (χ0) is 14.8. The van der Waals surface area contributed by atoms with E-state index < -0.39 is 0 Å². The number of fused-ring (bicyclic) bond motifs is 1. The summed E-state index contributed by atoms with van der Waals surface area (Å²) >= 11 is 0. The molecule has 0 radical (unpaired) electrons. The summed E-state index contributed by atoms with van der Waals surface area (Å²) in [6.07, 6.45) is -0.00364. The van der Waals surface area contributed by atoms with E-state index in [1.54, 1.807) is 0 Å². The molecule has 5 nitrogen and oxygen atoms in total. The first-order valence-electron chi connectivity index (χ1n) is 7.17. The van der Waals surface area contributed by atoms with Crippen LogP contribution >= 0.6 is 0 Å². The lowest BCUT2D eigenvalue weighted by Gasteiger charge is -2.13. The predicted octanol–water partition coefficient (Wildman–Crippen LogP) is 2.75. The van der Waals surface area contributed by atoms with Crippen molar-refractivity contribution in [1.29, 1.82) is 0 Å². The molecule has 0 unspecified atom stereocenters. The average molecular weight is 292 g/mol. The Kier molecular flexibility index (Phi) is 3.46. The SMILES string of the molecule is c1cc(Oc2cccc3ccccc23)cc(C2NNNN2)c1. The highest BCUT2D eigenvalue weighted by molar-refractivity contribution is 5.88. The Morgan fingerprint density at radius 2 is 1.55 bits per heavy atom. The van der Waals surface area contributed by atoms with Crippen LogP contribution in [0.3, 0.4) is 0 Å². The molecule has 1 fully saturated rings. The van der Waals surface area contributed by atoms with Gasteiger partial charge in [-0.15, -0.1) is 0 Å². The highest BCUT2D eigenvalue weighted by Gasteiger charge is 2.15. The molecule has 1 aliphatic rings. The molecular formula is C17H16N4O. The molecule has 1 saturated heterocycles. The van der Waals surface area contributed by atoms with Crippen LogP contribution in [-0.2, 0) is 0 Å². The van der Waals surface area contributed by atoms with Gasteiger partial charge in [-0.1, -0.05) is 48.5 Å². The minimum Gasteiger partial charge on any atom is -0.457 e. The van der Waals surface area contributed by atoms with Gasteiger partial charge in [0.05, 0.1) is 0 Å². The fraction of sp³-hybridized carbons (Fsp3) is 0.0588. The van der Waals surface area contributed by atoms with Crippen LogP contribution in [0.4, 0.5) is 0 Å². The molecule has 0 aromatic heterocycles. The third-order valence-corrected chi connectivity index (χ3v) is 3.66. The van der Waals surface area contributed by atoms with Gasteiger partial charge in [-0.05, 0) is 29.1 Å². The third kappa shape index (κ3) is 2.54. The minimum absolute atomic E-state index is 0.00364. The van der Waals surface area contributed by atoms with Crippen molar-refractivity contribution in [3.8, 4) is 11.5 Å². The lowest BCUT2D eigenvalue weighted by molar-refractivity contribution is 0.483. The molecule has 3 aromatic carbocycles. The normalized spacial score (nSPS) is 15.3. The summed E-state index contributed by atoms with van der Waals surface area (Å²) in [5.41, 5.74) is 12.8. The van der Waals surface area contributed by atoms with Crippen molar-refractivity contribution in [1.82, 2.24) is 21.9 Å². The van der Waals surface area contributed by atoms with Gasteiger partial charge in [0.15, 0.2) is 0 Å². The first kappa shape index (κ1) is 13.2. The maximum atomic E-state index is 6.10. The number of benzene rings is 3. The lowest BCUT2D eigenvalue weighted by atomic mass is 10.1. The van der Waals surface area contributed by atoms with Gasteiger partial charge in [-0.2, -0.15) is 11.1 Å². The van der Waals surface area contributed by atoms with Crippen LogP contribution in [0, 0.1) is 0 Å². The highest BCUT2D eigenvalue weighted by atomic mass is 16.5. The molecular weight excluding hydrogens is 276 g/mol. The van der Waals surface area contributed by atoms with Crippen LogP contribution in [0.5, 0.6) is 11.5 Å². The molecule has 1 heterocycles. The number of nitrogens with one attached hydrogen (secondary N) is 4. The largest absolute Gasteiger partial charge is 0.457 e. The Balaban J connectivity index is 1.66. The van der Waals surface area contributed by atoms with E-state index in [1.165, 1.54) is 5.39 Å². The second-order valence-corrected chi connectivity index (χ2v) is 5.12. The summed E-state index contributed by atoms with van der Waals surface area (Å²) < 4.78 is 6.10. The topological polar surface area (TPSA) is 57.4 Å². The summed E-state index contributed by atoms with van der Waals surface area (Å²) in [7, 11) is 0. The zero-order valence-corrected chi connectivity index (χ0v) is 11.8. The van der Waals surface area contributed by atoms with Gasteiger partial charge in [0.2, 0.25) is 0 Å². The Labute approximate surface area is 128 Å². The molecule has 22 heavy (non-hydrogen) atoms. The van der Waals surface area contributed by atoms with E-state index in [4.69, 9.17) is 4.74 Å². The van der Waals surface area contributed by atoms with Crippen molar-refractivity contribution in [3.05, 3.63) is 72.3 Å². The van der Waals surface area contributed by atoms with E-state index in [1.807, 2.05) is 48.5 Å². The molecule has 0 spiro atoms. The van der Waals surface area contributed by atoms with Crippen LogP contribution in [0.15, 0.2) is 66.7 Å². The van der Waals surface area contributed by atoms with Gasteiger partial charge < -0.3 is 4.74 Å². The Morgan fingerprint density at radius 3 is 2.45 bits per heavy atom. The molecule has 0 aliphatic carbocycles. The van der Waals surface area contributed by atoms with Crippen molar-refractivity contribution in [2.75, 3.05) is 0 Å². The smallest absolute Gasteiger partial charge is 0.135 e. The number of rotatable bonds is 3. The van der Waals surface area contributed by atoms with Gasteiger partial charge in [-0.3, -0.25) is 0 Å². The Bertz CT molecular complexity index is 794. The van der Waals surface area contributed by atoms with E-state index in [0.29, 0.717) is 0 Å². The van der Waals surface area contributed by atoms with Crippen molar-refractivity contribution in [3.63, 3.8) is 0 Å². The summed E-state index contributed by atoms with van der Waals surface area (Å²) in [5, 5.41) is 2.28. The number of hydrogen-bond acceptors (Lipinski definition) is 5. The molecule has 0 amide bonds. The molecule has 3 aromatic rings. The monoisotopic (exact) mass is 292 g/mol. The van der Waals surface area contributed by atoms with Crippen molar-refractivity contribution >= 4 is 10.8 Å². The van der Waals surface area contributed by atoms with E-state index in [0.717, 1.165) is 22.4 Å². The van der Waals surface area contributed by atoms with E-state index in [9.17, 15) is 0 Å². The fourth-order valence-corrected chi connectivity index (χ4v) is 2.59. The molecule has 0 atom stereocenters. The third-order valence-electron chi connectivity index (χ3n) is 3.66. The van der Waals surface area contributed by atoms with E-state index in [2.05, 4.69) is 40.1 Å². The number of ether oxygens (including phenoxy) is 1. The second-order valence-electron chi connectivity index (χ2n) is 5.12. The van der Waals surface area contributed by atoms with Gasteiger partial charge in [-0.25, -0.2) is 10.9 Å². The van der Waals surface area contributed by atoms with Crippen LogP contribution in [0.25, 0.3) is 10.8 Å². The van der Waals surface area contributed by atoms with E-state index >= 15 is 0 Å². The molecule has 0 saturated carbocycles. The maximum absolute atomic E-state index is 6.10. The predicted molar refractivity (Wildman–Crippen MR) is 85.7 cm³/mol. The van der Waals surface area contributed by atoms with Gasteiger partial charge in [0.1, 0.15) is 17.7 Å². The Hall–Kier alpha value is -2.44. The molecule has 1 aliphatic heterocycles. The fourth-order valence-electron chi connectivity index (χ4n) is 2.59. The van der Waals surface area contributed by atoms with Crippen LogP contribution < -0.4 is 26.7 Å². The standard InChI is InChI=1S/C17H16N4O/c1-2-9-15-12(5-1)6-4-10-16(15)22-14-8-3-7-13(11-14)17-18-20-21-19-17/h1-11,17-21H. The first-order chi connectivity index (χ1) is 10.9. The summed E-state index contributed by atoms with van der Waals surface area (Å²) in [5.74, 6) is 1.67. The maximum Gasteiger partial charge on any atom is 0.135 e. The number of hydrogen-bond donors (Lipinski definition) is 4. The summed E-state index contributed by atoms with van der Waals surface area (Å²) in [6, 6.07) is 22.3. The van der Waals surface area contributed by atoms with Crippen molar-refractivity contribution < 1.29 is 4.74 Å². The second kappa shape index (κ2) is 5.75. The molecule has 4 N–H and O–H groups in total. The van der Waals surface area contributed by atoms with Crippen molar-refractivity contribution in [2.24, 2.45) is 0 Å². The first-order valence-corrected chi connectivity index (χ1v) is 7.17. The van der Waals surface area contributed by atoms with E-state index in [-0.39, 0.29) is 6.17 Å².